The number of piperidine rings is 1. The number of carbonyl (C=O) groups is 1. The van der Waals surface area contributed by atoms with Crippen LogP contribution in [0.1, 0.15) is 19.8 Å². The lowest BCUT2D eigenvalue weighted by molar-refractivity contribution is -0.135. The smallest absolute Gasteiger partial charge is 0.260 e. The summed E-state index contributed by atoms with van der Waals surface area (Å²) in [5.41, 5.74) is 0. The van der Waals surface area contributed by atoms with Crippen molar-refractivity contribution in [2.24, 2.45) is 5.92 Å². The molecule has 1 fully saturated rings. The number of ether oxygens (including phenoxy) is 2. The van der Waals surface area contributed by atoms with Crippen molar-refractivity contribution >= 4 is 18.3 Å². The highest BCUT2D eigenvalue weighted by Crippen LogP contribution is 2.19. The lowest BCUT2D eigenvalue weighted by Crippen LogP contribution is -2.44. The van der Waals surface area contributed by atoms with Crippen molar-refractivity contribution in [2.75, 3.05) is 39.9 Å². The second-order valence-corrected chi connectivity index (χ2v) is 5.60. The first-order valence-corrected chi connectivity index (χ1v) is 8.01. The van der Waals surface area contributed by atoms with E-state index in [1.165, 1.54) is 6.42 Å². The van der Waals surface area contributed by atoms with E-state index in [9.17, 15) is 4.79 Å². The van der Waals surface area contributed by atoms with Crippen LogP contribution in [0.25, 0.3) is 0 Å². The fourth-order valence-corrected chi connectivity index (χ4v) is 2.78. The summed E-state index contributed by atoms with van der Waals surface area (Å²) in [7, 11) is 1.95. The number of nitrogens with one attached hydrogen (secondary N) is 1. The molecule has 1 aliphatic heterocycles. The number of carbonyl (C=O) groups excluding carboxylic acids is 1. The van der Waals surface area contributed by atoms with Gasteiger partial charge in [0.1, 0.15) is 11.5 Å². The maximum atomic E-state index is 12.2. The summed E-state index contributed by atoms with van der Waals surface area (Å²) >= 11 is 0. The highest BCUT2D eigenvalue weighted by molar-refractivity contribution is 5.85. The molecule has 0 spiro atoms. The molecule has 0 aromatic heterocycles. The van der Waals surface area contributed by atoms with Gasteiger partial charge in [0.15, 0.2) is 6.61 Å². The van der Waals surface area contributed by atoms with Gasteiger partial charge in [0.25, 0.3) is 5.91 Å². The Balaban J connectivity index is 0.00000264. The lowest BCUT2D eigenvalue weighted by Gasteiger charge is -2.32. The zero-order valence-electron chi connectivity index (χ0n) is 13.9. The first kappa shape index (κ1) is 19.6. The molecule has 6 heteroatoms. The molecular formula is C17H27ClN2O3. The summed E-state index contributed by atoms with van der Waals surface area (Å²) in [6.07, 6.45) is 2.26. The molecule has 23 heavy (non-hydrogen) atoms. The largest absolute Gasteiger partial charge is 0.494 e. The minimum absolute atomic E-state index is 0. The highest BCUT2D eigenvalue weighted by atomic mass is 35.5. The van der Waals surface area contributed by atoms with Gasteiger partial charge in [-0.05, 0) is 63.5 Å². The average Bonchev–Trinajstić information content (AvgIpc) is 2.55. The molecule has 0 radical (unpaired) electrons. The Morgan fingerprint density at radius 1 is 1.26 bits per heavy atom. The summed E-state index contributed by atoms with van der Waals surface area (Å²) < 4.78 is 11.0. The first-order chi connectivity index (χ1) is 10.7. The number of likely N-dealkylation sites (tertiary alicyclic amines) is 1. The number of nitrogens with zero attached hydrogens (tertiary/aromatic N) is 1. The number of hydrogen-bond acceptors (Lipinski definition) is 4. The predicted octanol–water partition coefficient (Wildman–Crippen LogP) is 2.34. The quantitative estimate of drug-likeness (QED) is 0.826. The topological polar surface area (TPSA) is 50.8 Å². The fourth-order valence-electron chi connectivity index (χ4n) is 2.78. The molecule has 130 valence electrons. The summed E-state index contributed by atoms with van der Waals surface area (Å²) in [6.45, 7) is 5.31. The third-order valence-corrected chi connectivity index (χ3v) is 3.86. The molecule has 1 heterocycles. The Morgan fingerprint density at radius 2 is 1.91 bits per heavy atom. The monoisotopic (exact) mass is 342 g/mol. The Morgan fingerprint density at radius 3 is 2.52 bits per heavy atom. The van der Waals surface area contributed by atoms with E-state index >= 15 is 0 Å². The van der Waals surface area contributed by atoms with Crippen LogP contribution in [0.3, 0.4) is 0 Å². The first-order valence-electron chi connectivity index (χ1n) is 8.01. The van der Waals surface area contributed by atoms with Crippen LogP contribution in [0, 0.1) is 5.92 Å². The van der Waals surface area contributed by atoms with E-state index in [0.29, 0.717) is 18.3 Å². The Kier molecular flexibility index (Phi) is 8.81. The minimum atomic E-state index is 0. The number of halogens is 1. The van der Waals surface area contributed by atoms with E-state index in [2.05, 4.69) is 5.32 Å². The van der Waals surface area contributed by atoms with E-state index < -0.39 is 0 Å². The molecule has 5 nitrogen and oxygen atoms in total. The number of rotatable bonds is 7. The highest BCUT2D eigenvalue weighted by Gasteiger charge is 2.23. The van der Waals surface area contributed by atoms with Gasteiger partial charge >= 0.3 is 0 Å². The minimum Gasteiger partial charge on any atom is -0.494 e. The summed E-state index contributed by atoms with van der Waals surface area (Å²) in [6, 6.07) is 7.37. The van der Waals surface area contributed by atoms with Gasteiger partial charge in [0.05, 0.1) is 6.61 Å². The molecule has 1 saturated heterocycles. The van der Waals surface area contributed by atoms with Crippen molar-refractivity contribution in [3.8, 4) is 11.5 Å². The van der Waals surface area contributed by atoms with Crippen molar-refractivity contribution in [1.82, 2.24) is 10.2 Å². The van der Waals surface area contributed by atoms with Crippen molar-refractivity contribution in [2.45, 2.75) is 19.8 Å². The molecule has 1 aromatic rings. The molecule has 2 rings (SSSR count). The molecule has 0 saturated carbocycles. The molecule has 0 bridgehead atoms. The normalized spacial score (nSPS) is 17.3. The van der Waals surface area contributed by atoms with E-state index in [-0.39, 0.29) is 24.9 Å². The van der Waals surface area contributed by atoms with Crippen molar-refractivity contribution in [3.63, 3.8) is 0 Å². The van der Waals surface area contributed by atoms with Crippen LogP contribution in [-0.4, -0.2) is 50.7 Å². The Labute approximate surface area is 144 Å². The predicted molar refractivity (Wildman–Crippen MR) is 93.6 cm³/mol. The van der Waals surface area contributed by atoms with E-state index in [0.717, 1.165) is 31.8 Å². The molecule has 0 aliphatic carbocycles. The zero-order valence-corrected chi connectivity index (χ0v) is 14.7. The fraction of sp³-hybridized carbons (Fsp3) is 0.588. The van der Waals surface area contributed by atoms with Crippen LogP contribution < -0.4 is 14.8 Å². The van der Waals surface area contributed by atoms with Crippen LogP contribution in [0.15, 0.2) is 24.3 Å². The van der Waals surface area contributed by atoms with Crippen LogP contribution in [0.5, 0.6) is 11.5 Å². The second-order valence-electron chi connectivity index (χ2n) is 5.60. The summed E-state index contributed by atoms with van der Waals surface area (Å²) in [4.78, 5) is 14.2. The summed E-state index contributed by atoms with van der Waals surface area (Å²) in [5, 5.41) is 3.19. The van der Waals surface area contributed by atoms with Gasteiger partial charge in [-0.2, -0.15) is 0 Å². The van der Waals surface area contributed by atoms with Gasteiger partial charge in [-0.1, -0.05) is 0 Å². The van der Waals surface area contributed by atoms with E-state index in [1.54, 1.807) is 0 Å². The van der Waals surface area contributed by atoms with E-state index in [4.69, 9.17) is 9.47 Å². The number of amides is 1. The maximum Gasteiger partial charge on any atom is 0.260 e. The third kappa shape index (κ3) is 6.28. The molecule has 1 aliphatic rings. The Bertz CT molecular complexity index is 465. The maximum absolute atomic E-state index is 12.2. The van der Waals surface area contributed by atoms with Crippen LogP contribution in [0.4, 0.5) is 0 Å². The molecule has 1 unspecified atom stereocenters. The van der Waals surface area contributed by atoms with E-state index in [1.807, 2.05) is 43.1 Å². The molecule has 1 aromatic carbocycles. The van der Waals surface area contributed by atoms with Crippen LogP contribution in [0.2, 0.25) is 0 Å². The third-order valence-electron chi connectivity index (χ3n) is 3.86. The van der Waals surface area contributed by atoms with Gasteiger partial charge in [-0.3, -0.25) is 4.79 Å². The van der Waals surface area contributed by atoms with Crippen LogP contribution in [-0.2, 0) is 4.79 Å². The molecular weight excluding hydrogens is 316 g/mol. The van der Waals surface area contributed by atoms with Crippen molar-refractivity contribution in [3.05, 3.63) is 24.3 Å². The summed E-state index contributed by atoms with van der Waals surface area (Å²) in [5.74, 6) is 2.12. The zero-order chi connectivity index (χ0) is 15.8. The number of hydrogen-bond donors (Lipinski definition) is 1. The van der Waals surface area contributed by atoms with Crippen molar-refractivity contribution in [1.29, 1.82) is 0 Å². The van der Waals surface area contributed by atoms with Gasteiger partial charge in [0, 0.05) is 13.1 Å². The standard InChI is InChI=1S/C17H26N2O3.ClH/c1-3-21-15-6-8-16(9-7-15)22-13-17(20)19-10-4-5-14(12-19)11-18-2;/h6-9,14,18H,3-5,10-13H2,1-2H3;1H. The molecule has 1 atom stereocenters. The second kappa shape index (κ2) is 10.3. The van der Waals surface area contributed by atoms with Crippen molar-refractivity contribution < 1.29 is 14.3 Å². The molecule has 1 amide bonds. The molecule has 1 N–H and O–H groups in total. The SMILES string of the molecule is CCOc1ccc(OCC(=O)N2CCCC(CNC)C2)cc1.Cl. The Hall–Kier alpha value is -1.46. The number of benzene rings is 1. The van der Waals surface area contributed by atoms with Gasteiger partial charge in [-0.15, -0.1) is 12.4 Å². The van der Waals surface area contributed by atoms with Gasteiger partial charge < -0.3 is 19.7 Å². The van der Waals surface area contributed by atoms with Gasteiger partial charge in [0.2, 0.25) is 0 Å². The lowest BCUT2D eigenvalue weighted by atomic mass is 9.98. The average molecular weight is 343 g/mol. The van der Waals surface area contributed by atoms with Gasteiger partial charge in [-0.25, -0.2) is 0 Å². The van der Waals surface area contributed by atoms with Crippen LogP contribution >= 0.6 is 12.4 Å².